The summed E-state index contributed by atoms with van der Waals surface area (Å²) in [7, 11) is 0. The molecule has 0 aliphatic heterocycles. The Morgan fingerprint density at radius 2 is 2.13 bits per heavy atom. The van der Waals surface area contributed by atoms with Gasteiger partial charge in [-0.3, -0.25) is 0 Å². The van der Waals surface area contributed by atoms with Gasteiger partial charge in [-0.05, 0) is 26.2 Å². The summed E-state index contributed by atoms with van der Waals surface area (Å²) in [6.45, 7) is 8.38. The highest BCUT2D eigenvalue weighted by Crippen LogP contribution is 2.24. The van der Waals surface area contributed by atoms with Crippen LogP contribution in [0.25, 0.3) is 0 Å². The van der Waals surface area contributed by atoms with Crippen molar-refractivity contribution in [1.82, 2.24) is 4.98 Å². The molecule has 0 aliphatic rings. The minimum absolute atomic E-state index is 0.152. The summed E-state index contributed by atoms with van der Waals surface area (Å²) in [5.74, 6) is 0. The van der Waals surface area contributed by atoms with Crippen molar-refractivity contribution in [3.8, 4) is 0 Å². The molecule has 0 saturated heterocycles. The molecule has 2 nitrogen and oxygen atoms in total. The summed E-state index contributed by atoms with van der Waals surface area (Å²) >= 11 is 1.74. The van der Waals surface area contributed by atoms with E-state index in [1.807, 2.05) is 6.92 Å². The highest BCUT2D eigenvalue weighted by Gasteiger charge is 2.17. The maximum Gasteiger partial charge on any atom is 0.0928 e. The molecule has 0 bridgehead atoms. The molecule has 1 aromatic rings. The van der Waals surface area contributed by atoms with E-state index in [-0.39, 0.29) is 11.5 Å². The number of hydrogen-bond donors (Lipinski definition) is 1. The van der Waals surface area contributed by atoms with Crippen LogP contribution < -0.4 is 0 Å². The molecule has 15 heavy (non-hydrogen) atoms. The first-order valence-electron chi connectivity index (χ1n) is 5.52. The molecule has 1 aromatic heterocycles. The molecule has 3 heteroatoms. The normalized spacial score (nSPS) is 14.2. The van der Waals surface area contributed by atoms with Gasteiger partial charge < -0.3 is 5.11 Å². The molecule has 1 atom stereocenters. The highest BCUT2D eigenvalue weighted by molar-refractivity contribution is 7.09. The van der Waals surface area contributed by atoms with Gasteiger partial charge in [0.2, 0.25) is 0 Å². The number of rotatable bonds is 4. The predicted octanol–water partition coefficient (Wildman–Crippen LogP) is 3.14. The smallest absolute Gasteiger partial charge is 0.0928 e. The lowest BCUT2D eigenvalue weighted by molar-refractivity contribution is 0.181. The first kappa shape index (κ1) is 12.7. The van der Waals surface area contributed by atoms with Crippen molar-refractivity contribution < 1.29 is 5.11 Å². The second kappa shape index (κ2) is 5.08. The first-order chi connectivity index (χ1) is 6.89. The van der Waals surface area contributed by atoms with Gasteiger partial charge in [0, 0.05) is 10.8 Å². The van der Waals surface area contributed by atoms with Crippen molar-refractivity contribution in [2.75, 3.05) is 0 Å². The van der Waals surface area contributed by atoms with Gasteiger partial charge in [-0.15, -0.1) is 11.3 Å². The van der Waals surface area contributed by atoms with E-state index in [1.165, 1.54) is 10.7 Å². The monoisotopic (exact) mass is 227 g/mol. The van der Waals surface area contributed by atoms with E-state index >= 15 is 0 Å². The van der Waals surface area contributed by atoms with Crippen molar-refractivity contribution in [2.24, 2.45) is 0 Å². The molecule has 0 radical (unpaired) electrons. The van der Waals surface area contributed by atoms with Crippen LogP contribution in [-0.4, -0.2) is 16.2 Å². The van der Waals surface area contributed by atoms with Crippen molar-refractivity contribution in [1.29, 1.82) is 0 Å². The SMILES string of the molecule is CC(O)CCCc1nc(C(C)(C)C)cs1. The molecule has 0 aromatic carbocycles. The van der Waals surface area contributed by atoms with Crippen molar-refractivity contribution in [3.63, 3.8) is 0 Å². The molecule has 0 spiro atoms. The minimum atomic E-state index is -0.188. The molecule has 1 rings (SSSR count). The number of aromatic nitrogens is 1. The molecule has 0 saturated carbocycles. The van der Waals surface area contributed by atoms with Crippen LogP contribution in [0.1, 0.15) is 51.2 Å². The lowest BCUT2D eigenvalue weighted by atomic mass is 9.93. The third kappa shape index (κ3) is 4.31. The van der Waals surface area contributed by atoms with Crippen molar-refractivity contribution >= 4 is 11.3 Å². The molecular formula is C12H21NOS. The molecule has 1 unspecified atom stereocenters. The van der Waals surface area contributed by atoms with Crippen LogP contribution in [0.4, 0.5) is 0 Å². The summed E-state index contributed by atoms with van der Waals surface area (Å²) in [5, 5.41) is 12.5. The van der Waals surface area contributed by atoms with Crippen LogP contribution in [0.15, 0.2) is 5.38 Å². The number of nitrogens with zero attached hydrogens (tertiary/aromatic N) is 1. The Balaban J connectivity index is 2.47. The maximum atomic E-state index is 9.15. The van der Waals surface area contributed by atoms with E-state index in [4.69, 9.17) is 5.11 Å². The zero-order chi connectivity index (χ0) is 11.5. The van der Waals surface area contributed by atoms with Crippen LogP contribution >= 0.6 is 11.3 Å². The summed E-state index contributed by atoms with van der Waals surface area (Å²) in [6.07, 6.45) is 2.69. The second-order valence-corrected chi connectivity index (χ2v) is 6.06. The lowest BCUT2D eigenvalue weighted by Crippen LogP contribution is -2.11. The molecule has 0 aliphatic carbocycles. The van der Waals surface area contributed by atoms with Crippen molar-refractivity contribution in [2.45, 2.75) is 58.5 Å². The average molecular weight is 227 g/mol. The Kier molecular flexibility index (Phi) is 4.29. The van der Waals surface area contributed by atoms with E-state index in [2.05, 4.69) is 31.1 Å². The molecule has 1 N–H and O–H groups in total. The van der Waals surface area contributed by atoms with E-state index in [0.29, 0.717) is 0 Å². The van der Waals surface area contributed by atoms with Gasteiger partial charge in [0.05, 0.1) is 16.8 Å². The number of aryl methyl sites for hydroxylation is 1. The van der Waals surface area contributed by atoms with Gasteiger partial charge in [0.15, 0.2) is 0 Å². The fraction of sp³-hybridized carbons (Fsp3) is 0.750. The van der Waals surface area contributed by atoms with E-state index in [0.717, 1.165) is 19.3 Å². The van der Waals surface area contributed by atoms with Crippen LogP contribution in [0.3, 0.4) is 0 Å². The zero-order valence-electron chi connectivity index (χ0n) is 10.1. The summed E-state index contributed by atoms with van der Waals surface area (Å²) in [4.78, 5) is 4.62. The third-order valence-electron chi connectivity index (χ3n) is 2.33. The van der Waals surface area contributed by atoms with Crippen LogP contribution in [-0.2, 0) is 11.8 Å². The third-order valence-corrected chi connectivity index (χ3v) is 3.24. The zero-order valence-corrected chi connectivity index (χ0v) is 10.9. The molecule has 0 amide bonds. The number of hydrogen-bond acceptors (Lipinski definition) is 3. The second-order valence-electron chi connectivity index (χ2n) is 5.12. The number of aliphatic hydroxyl groups is 1. The molecular weight excluding hydrogens is 206 g/mol. The quantitative estimate of drug-likeness (QED) is 0.857. The Labute approximate surface area is 96.4 Å². The Morgan fingerprint density at radius 3 is 2.60 bits per heavy atom. The van der Waals surface area contributed by atoms with Crippen LogP contribution in [0.5, 0.6) is 0 Å². The highest BCUT2D eigenvalue weighted by atomic mass is 32.1. The van der Waals surface area contributed by atoms with Gasteiger partial charge >= 0.3 is 0 Å². The van der Waals surface area contributed by atoms with E-state index < -0.39 is 0 Å². The molecule has 0 fully saturated rings. The predicted molar refractivity (Wildman–Crippen MR) is 65.4 cm³/mol. The van der Waals surface area contributed by atoms with Gasteiger partial charge in [-0.2, -0.15) is 0 Å². The summed E-state index contributed by atoms with van der Waals surface area (Å²) < 4.78 is 0. The number of thiazole rings is 1. The summed E-state index contributed by atoms with van der Waals surface area (Å²) in [5.41, 5.74) is 1.33. The van der Waals surface area contributed by atoms with Crippen LogP contribution in [0, 0.1) is 0 Å². The minimum Gasteiger partial charge on any atom is -0.393 e. The Morgan fingerprint density at radius 1 is 1.47 bits per heavy atom. The standard InChI is InChI=1S/C12H21NOS/c1-9(14)6-5-7-11-13-10(8-15-11)12(2,3)4/h8-9,14H,5-7H2,1-4H3. The van der Waals surface area contributed by atoms with Gasteiger partial charge in [-0.25, -0.2) is 4.98 Å². The number of aliphatic hydroxyl groups excluding tert-OH is 1. The topological polar surface area (TPSA) is 33.1 Å². The fourth-order valence-corrected chi connectivity index (χ4v) is 2.39. The molecule has 1 heterocycles. The average Bonchev–Trinajstić information content (AvgIpc) is 2.51. The van der Waals surface area contributed by atoms with Crippen LogP contribution in [0.2, 0.25) is 0 Å². The van der Waals surface area contributed by atoms with Gasteiger partial charge in [-0.1, -0.05) is 20.8 Å². The Hall–Kier alpha value is -0.410. The maximum absolute atomic E-state index is 9.15. The van der Waals surface area contributed by atoms with Gasteiger partial charge in [0.1, 0.15) is 0 Å². The molecule has 86 valence electrons. The van der Waals surface area contributed by atoms with Crippen molar-refractivity contribution in [3.05, 3.63) is 16.1 Å². The Bertz CT molecular complexity index is 299. The lowest BCUT2D eigenvalue weighted by Gasteiger charge is -2.14. The van der Waals surface area contributed by atoms with Gasteiger partial charge in [0.25, 0.3) is 0 Å². The van der Waals surface area contributed by atoms with E-state index in [9.17, 15) is 0 Å². The summed E-state index contributed by atoms with van der Waals surface area (Å²) in [6, 6.07) is 0. The van der Waals surface area contributed by atoms with E-state index in [1.54, 1.807) is 11.3 Å². The fourth-order valence-electron chi connectivity index (χ4n) is 1.32. The largest absolute Gasteiger partial charge is 0.393 e. The first-order valence-corrected chi connectivity index (χ1v) is 6.40.